The van der Waals surface area contributed by atoms with Crippen molar-refractivity contribution >= 4 is 15.9 Å². The van der Waals surface area contributed by atoms with Crippen LogP contribution in [0.5, 0.6) is 0 Å². The Kier molecular flexibility index (Phi) is 2.90. The number of aromatic nitrogens is 2. The molecule has 1 atom stereocenters. The van der Waals surface area contributed by atoms with Crippen molar-refractivity contribution in [1.29, 1.82) is 0 Å². The fraction of sp³-hybridized carbons (Fsp3) is 0.667. The highest BCUT2D eigenvalue weighted by molar-refractivity contribution is 9.10. The lowest BCUT2D eigenvalue weighted by molar-refractivity contribution is 0.259. The van der Waals surface area contributed by atoms with E-state index >= 15 is 0 Å². The quantitative estimate of drug-likeness (QED) is 0.832. The first-order valence-electron chi connectivity index (χ1n) is 4.85. The van der Waals surface area contributed by atoms with Crippen molar-refractivity contribution in [1.82, 2.24) is 9.55 Å². The van der Waals surface area contributed by atoms with Crippen molar-refractivity contribution in [2.75, 3.05) is 6.61 Å². The van der Waals surface area contributed by atoms with Gasteiger partial charge in [0.1, 0.15) is 10.4 Å². The van der Waals surface area contributed by atoms with Crippen molar-refractivity contribution in [3.8, 4) is 0 Å². The topological polar surface area (TPSA) is 64.1 Å². The number of nitrogens with zero attached hydrogens (tertiary/aromatic N) is 2. The van der Waals surface area contributed by atoms with Crippen molar-refractivity contribution in [3.63, 3.8) is 0 Å². The molecule has 78 valence electrons. The first kappa shape index (κ1) is 10.1. The molecule has 0 amide bonds. The summed E-state index contributed by atoms with van der Waals surface area (Å²) in [5, 5.41) is 9.01. The number of aliphatic hydroxyl groups is 1. The molecule has 5 heteroatoms. The molecule has 0 saturated carbocycles. The largest absolute Gasteiger partial charge is 0.394 e. The van der Waals surface area contributed by atoms with Gasteiger partial charge in [0.15, 0.2) is 0 Å². The first-order valence-corrected chi connectivity index (χ1v) is 5.64. The molecule has 1 aliphatic heterocycles. The zero-order valence-corrected chi connectivity index (χ0v) is 9.50. The average Bonchev–Trinajstić information content (AvgIpc) is 2.56. The van der Waals surface area contributed by atoms with Crippen LogP contribution in [0.1, 0.15) is 30.4 Å². The van der Waals surface area contributed by atoms with E-state index in [9.17, 15) is 0 Å². The predicted molar refractivity (Wildman–Crippen MR) is 56.9 cm³/mol. The number of hydrogen-bond donors (Lipinski definition) is 2. The maximum absolute atomic E-state index is 9.01. The smallest absolute Gasteiger partial charge is 0.129 e. The zero-order chi connectivity index (χ0) is 10.1. The fourth-order valence-electron chi connectivity index (χ4n) is 1.89. The molecule has 0 bridgehead atoms. The lowest BCUT2D eigenvalue weighted by atomic mass is 10.1. The monoisotopic (exact) mass is 259 g/mol. The molecule has 1 aromatic heterocycles. The van der Waals surface area contributed by atoms with Crippen LogP contribution in [0, 0.1) is 0 Å². The molecule has 2 heterocycles. The number of rotatable bonds is 2. The summed E-state index contributed by atoms with van der Waals surface area (Å²) < 4.78 is 3.02. The zero-order valence-electron chi connectivity index (χ0n) is 7.91. The van der Waals surface area contributed by atoms with Crippen molar-refractivity contribution in [3.05, 3.63) is 16.1 Å². The number of imidazole rings is 1. The average molecular weight is 260 g/mol. The molecule has 0 fully saturated rings. The molecule has 0 radical (unpaired) electrons. The minimum absolute atomic E-state index is 0.0527. The molecule has 2 rings (SSSR count). The van der Waals surface area contributed by atoms with Gasteiger partial charge in [-0.1, -0.05) is 0 Å². The number of aliphatic hydroxyl groups excluding tert-OH is 1. The van der Waals surface area contributed by atoms with E-state index in [2.05, 4.69) is 25.5 Å². The SMILES string of the molecule is NC(CO)c1nc(Br)c2n1CCCC2. The Balaban J connectivity index is 2.41. The van der Waals surface area contributed by atoms with E-state index in [1.165, 1.54) is 18.5 Å². The molecule has 1 aliphatic rings. The van der Waals surface area contributed by atoms with E-state index in [0.29, 0.717) is 0 Å². The van der Waals surface area contributed by atoms with E-state index in [1.807, 2.05) is 0 Å². The number of halogens is 1. The van der Waals surface area contributed by atoms with E-state index in [-0.39, 0.29) is 12.6 Å². The second-order valence-corrected chi connectivity index (χ2v) is 4.36. The third-order valence-electron chi connectivity index (χ3n) is 2.63. The van der Waals surface area contributed by atoms with Gasteiger partial charge in [-0.25, -0.2) is 4.98 Å². The minimum Gasteiger partial charge on any atom is -0.394 e. The molecule has 3 N–H and O–H groups in total. The van der Waals surface area contributed by atoms with Crippen LogP contribution in [0.4, 0.5) is 0 Å². The van der Waals surface area contributed by atoms with Crippen LogP contribution in [-0.2, 0) is 13.0 Å². The molecule has 0 aliphatic carbocycles. The van der Waals surface area contributed by atoms with Crippen molar-refractivity contribution in [2.24, 2.45) is 5.73 Å². The summed E-state index contributed by atoms with van der Waals surface area (Å²) in [6.07, 6.45) is 3.42. The molecule has 0 saturated heterocycles. The highest BCUT2D eigenvalue weighted by Crippen LogP contribution is 2.26. The van der Waals surface area contributed by atoms with E-state index in [0.717, 1.165) is 23.4 Å². The van der Waals surface area contributed by atoms with Gasteiger partial charge in [-0.05, 0) is 35.2 Å². The molecular formula is C9H14BrN3O. The first-order chi connectivity index (χ1) is 6.74. The van der Waals surface area contributed by atoms with Gasteiger partial charge in [-0.2, -0.15) is 0 Å². The molecular weight excluding hydrogens is 246 g/mol. The van der Waals surface area contributed by atoms with E-state index < -0.39 is 0 Å². The van der Waals surface area contributed by atoms with Gasteiger partial charge in [-0.15, -0.1) is 0 Å². The van der Waals surface area contributed by atoms with Gasteiger partial charge in [0, 0.05) is 6.54 Å². The Hall–Kier alpha value is -0.390. The van der Waals surface area contributed by atoms with Gasteiger partial charge in [0.05, 0.1) is 18.3 Å². The molecule has 0 spiro atoms. The second-order valence-electron chi connectivity index (χ2n) is 3.61. The minimum atomic E-state index is -0.363. The lowest BCUT2D eigenvalue weighted by Crippen LogP contribution is -2.22. The maximum atomic E-state index is 9.01. The summed E-state index contributed by atoms with van der Waals surface area (Å²) >= 11 is 3.43. The number of fused-ring (bicyclic) bond motifs is 1. The normalized spacial score (nSPS) is 17.9. The summed E-state index contributed by atoms with van der Waals surface area (Å²) in [4.78, 5) is 4.36. The molecule has 1 unspecified atom stereocenters. The molecule has 4 nitrogen and oxygen atoms in total. The highest BCUT2D eigenvalue weighted by atomic mass is 79.9. The standard InChI is InChI=1S/C9H14BrN3O/c10-8-7-3-1-2-4-13(7)9(12-8)6(11)5-14/h6,14H,1-5,11H2. The predicted octanol–water partition coefficient (Wildman–Crippen LogP) is 0.974. The van der Waals surface area contributed by atoms with Crippen molar-refractivity contribution < 1.29 is 5.11 Å². The van der Waals surface area contributed by atoms with Crippen LogP contribution in [0.15, 0.2) is 4.60 Å². The van der Waals surface area contributed by atoms with Crippen LogP contribution in [-0.4, -0.2) is 21.3 Å². The van der Waals surface area contributed by atoms with Crippen molar-refractivity contribution in [2.45, 2.75) is 31.8 Å². The van der Waals surface area contributed by atoms with Crippen LogP contribution >= 0.6 is 15.9 Å². The number of hydrogen-bond acceptors (Lipinski definition) is 3. The third kappa shape index (κ3) is 1.60. The second kappa shape index (κ2) is 4.00. The number of nitrogens with two attached hydrogens (primary N) is 1. The van der Waals surface area contributed by atoms with E-state index in [4.69, 9.17) is 10.8 Å². The fourth-order valence-corrected chi connectivity index (χ4v) is 2.48. The van der Waals surface area contributed by atoms with Gasteiger partial charge >= 0.3 is 0 Å². The molecule has 14 heavy (non-hydrogen) atoms. The molecule has 0 aromatic carbocycles. The van der Waals surface area contributed by atoms with Gasteiger partial charge < -0.3 is 15.4 Å². The maximum Gasteiger partial charge on any atom is 0.129 e. The summed E-state index contributed by atoms with van der Waals surface area (Å²) in [5.41, 5.74) is 7.00. The van der Waals surface area contributed by atoms with Crippen LogP contribution in [0.25, 0.3) is 0 Å². The van der Waals surface area contributed by atoms with Gasteiger partial charge in [-0.3, -0.25) is 0 Å². The van der Waals surface area contributed by atoms with Crippen LogP contribution in [0.2, 0.25) is 0 Å². The highest BCUT2D eigenvalue weighted by Gasteiger charge is 2.21. The summed E-state index contributed by atoms with van der Waals surface area (Å²) in [6.45, 7) is 0.917. The Labute approximate surface area is 91.3 Å². The Morgan fingerprint density at radius 2 is 2.36 bits per heavy atom. The summed E-state index contributed by atoms with van der Waals surface area (Å²) in [7, 11) is 0. The van der Waals surface area contributed by atoms with Gasteiger partial charge in [0.25, 0.3) is 0 Å². The third-order valence-corrected chi connectivity index (χ3v) is 3.26. The van der Waals surface area contributed by atoms with Crippen LogP contribution in [0.3, 0.4) is 0 Å². The Morgan fingerprint density at radius 3 is 3.07 bits per heavy atom. The van der Waals surface area contributed by atoms with Gasteiger partial charge in [0.2, 0.25) is 0 Å². The summed E-state index contributed by atoms with van der Waals surface area (Å²) in [5.74, 6) is 0.800. The summed E-state index contributed by atoms with van der Waals surface area (Å²) in [6, 6.07) is -0.363. The Morgan fingerprint density at radius 1 is 1.57 bits per heavy atom. The van der Waals surface area contributed by atoms with Crippen LogP contribution < -0.4 is 5.73 Å². The Bertz CT molecular complexity index is 337. The van der Waals surface area contributed by atoms with E-state index in [1.54, 1.807) is 0 Å². The molecule has 1 aromatic rings. The lowest BCUT2D eigenvalue weighted by Gasteiger charge is -2.18.